The number of urea groups is 1. The molecule has 0 aromatic heterocycles. The molecule has 124 valence electrons. The first-order chi connectivity index (χ1) is 10.6. The van der Waals surface area contributed by atoms with Gasteiger partial charge in [-0.1, -0.05) is 19.3 Å². The van der Waals surface area contributed by atoms with Gasteiger partial charge in [0.05, 0.1) is 6.10 Å². The minimum Gasteiger partial charge on any atom is -0.378 e. The summed E-state index contributed by atoms with van der Waals surface area (Å²) in [5.41, 5.74) is 0. The smallest absolute Gasteiger partial charge is 0.322 e. The van der Waals surface area contributed by atoms with E-state index in [4.69, 9.17) is 4.74 Å². The molecule has 1 aliphatic heterocycles. The first-order valence-electron chi connectivity index (χ1n) is 8.15. The Bertz CT molecular complexity index is 408. The number of hydrogen-bond acceptors (Lipinski definition) is 4. The molecule has 1 aliphatic carbocycles. The third-order valence-electron chi connectivity index (χ3n) is 4.07. The third kappa shape index (κ3) is 5.63. The Morgan fingerprint density at radius 2 is 2.00 bits per heavy atom. The predicted octanol–water partition coefficient (Wildman–Crippen LogP) is 0.830. The van der Waals surface area contributed by atoms with Crippen molar-refractivity contribution in [1.29, 1.82) is 0 Å². The Morgan fingerprint density at radius 3 is 2.68 bits per heavy atom. The van der Waals surface area contributed by atoms with Crippen LogP contribution in [0.4, 0.5) is 4.79 Å². The molecule has 0 aromatic carbocycles. The summed E-state index contributed by atoms with van der Waals surface area (Å²) >= 11 is 0. The van der Waals surface area contributed by atoms with Gasteiger partial charge in [0.15, 0.2) is 0 Å². The van der Waals surface area contributed by atoms with E-state index in [0.717, 1.165) is 19.3 Å². The van der Waals surface area contributed by atoms with Crippen molar-refractivity contribution < 1.29 is 19.1 Å². The Kier molecular flexibility index (Phi) is 6.64. The zero-order valence-corrected chi connectivity index (χ0v) is 12.9. The van der Waals surface area contributed by atoms with Crippen molar-refractivity contribution >= 4 is 17.8 Å². The van der Waals surface area contributed by atoms with Crippen molar-refractivity contribution in [1.82, 2.24) is 16.0 Å². The van der Waals surface area contributed by atoms with E-state index in [2.05, 4.69) is 16.0 Å². The van der Waals surface area contributed by atoms with E-state index in [1.54, 1.807) is 0 Å². The number of carbonyl (C=O) groups excluding carboxylic acids is 3. The zero-order chi connectivity index (χ0) is 15.8. The number of rotatable bonds is 8. The highest BCUT2D eigenvalue weighted by Crippen LogP contribution is 2.20. The second-order valence-electron chi connectivity index (χ2n) is 5.89. The fourth-order valence-electron chi connectivity index (χ4n) is 2.81. The second-order valence-corrected chi connectivity index (χ2v) is 5.89. The molecule has 1 heterocycles. The van der Waals surface area contributed by atoms with E-state index in [-0.39, 0.29) is 18.2 Å². The Labute approximate surface area is 130 Å². The van der Waals surface area contributed by atoms with Gasteiger partial charge in [0, 0.05) is 19.6 Å². The topological polar surface area (TPSA) is 96.5 Å². The number of imide groups is 1. The average Bonchev–Trinajstić information content (AvgIpc) is 2.84. The summed E-state index contributed by atoms with van der Waals surface area (Å²) in [5.74, 6) is -0.467. The highest BCUT2D eigenvalue weighted by atomic mass is 16.5. The maximum Gasteiger partial charge on any atom is 0.322 e. The van der Waals surface area contributed by atoms with Crippen LogP contribution in [0.1, 0.15) is 51.4 Å². The van der Waals surface area contributed by atoms with Crippen molar-refractivity contribution in [3.05, 3.63) is 0 Å². The van der Waals surface area contributed by atoms with Gasteiger partial charge in [-0.15, -0.1) is 0 Å². The van der Waals surface area contributed by atoms with E-state index < -0.39 is 12.1 Å². The summed E-state index contributed by atoms with van der Waals surface area (Å²) in [7, 11) is 0. The number of ether oxygens (including phenoxy) is 1. The van der Waals surface area contributed by atoms with Crippen molar-refractivity contribution in [2.75, 3.05) is 13.2 Å². The molecule has 7 heteroatoms. The van der Waals surface area contributed by atoms with Gasteiger partial charge in [0.1, 0.15) is 6.04 Å². The molecule has 1 saturated heterocycles. The predicted molar refractivity (Wildman–Crippen MR) is 80.1 cm³/mol. The molecule has 0 bridgehead atoms. The van der Waals surface area contributed by atoms with Crippen LogP contribution >= 0.6 is 0 Å². The van der Waals surface area contributed by atoms with Crippen molar-refractivity contribution in [2.45, 2.75) is 63.5 Å². The van der Waals surface area contributed by atoms with Gasteiger partial charge < -0.3 is 15.4 Å². The maximum absolute atomic E-state index is 11.7. The van der Waals surface area contributed by atoms with E-state index >= 15 is 0 Å². The third-order valence-corrected chi connectivity index (χ3v) is 4.07. The van der Waals surface area contributed by atoms with Crippen LogP contribution in [0.15, 0.2) is 0 Å². The standard InChI is InChI=1S/C15H25N3O4/c19-13(8-7-12-14(20)18-15(21)17-12)16-9-4-10-22-11-5-2-1-3-6-11/h11-12H,1-10H2,(H,16,19)(H2,17,18,20,21)/t12-/m0/s1. The molecule has 2 aliphatic rings. The van der Waals surface area contributed by atoms with Gasteiger partial charge in [-0.25, -0.2) is 4.79 Å². The van der Waals surface area contributed by atoms with E-state index in [0.29, 0.717) is 25.7 Å². The van der Waals surface area contributed by atoms with Gasteiger partial charge in [0.25, 0.3) is 5.91 Å². The fourth-order valence-corrected chi connectivity index (χ4v) is 2.81. The molecule has 3 N–H and O–H groups in total. The van der Waals surface area contributed by atoms with Gasteiger partial charge in [-0.3, -0.25) is 14.9 Å². The molecule has 7 nitrogen and oxygen atoms in total. The molecule has 0 aromatic rings. The summed E-state index contributed by atoms with van der Waals surface area (Å²) in [6.45, 7) is 1.25. The quantitative estimate of drug-likeness (QED) is 0.457. The van der Waals surface area contributed by atoms with Gasteiger partial charge in [-0.2, -0.15) is 0 Å². The van der Waals surface area contributed by atoms with E-state index in [9.17, 15) is 14.4 Å². The van der Waals surface area contributed by atoms with Gasteiger partial charge in [0.2, 0.25) is 5.91 Å². The summed E-state index contributed by atoms with van der Waals surface area (Å²) < 4.78 is 5.78. The lowest BCUT2D eigenvalue weighted by molar-refractivity contribution is -0.122. The fraction of sp³-hybridized carbons (Fsp3) is 0.800. The molecule has 4 amide bonds. The number of carbonyl (C=O) groups is 3. The zero-order valence-electron chi connectivity index (χ0n) is 12.9. The van der Waals surface area contributed by atoms with Gasteiger partial charge in [-0.05, 0) is 25.7 Å². The second kappa shape index (κ2) is 8.73. The SMILES string of the molecule is O=C(CC[C@@H]1NC(=O)NC1=O)NCCCOC1CCCCC1. The lowest BCUT2D eigenvalue weighted by atomic mass is 9.98. The van der Waals surface area contributed by atoms with Crippen LogP contribution in [-0.4, -0.2) is 43.1 Å². The molecule has 0 radical (unpaired) electrons. The Balaban J connectivity index is 1.47. The summed E-state index contributed by atoms with van der Waals surface area (Å²) in [6, 6.07) is -1.08. The monoisotopic (exact) mass is 311 g/mol. The first kappa shape index (κ1) is 16.7. The van der Waals surface area contributed by atoms with Crippen LogP contribution in [-0.2, 0) is 14.3 Å². The molecule has 1 saturated carbocycles. The molecule has 22 heavy (non-hydrogen) atoms. The summed E-state index contributed by atoms with van der Waals surface area (Å²) in [6.07, 6.45) is 7.87. The molecule has 2 rings (SSSR count). The molecular formula is C15H25N3O4. The normalized spacial score (nSPS) is 22.3. The van der Waals surface area contributed by atoms with Crippen LogP contribution in [0, 0.1) is 0 Å². The minimum atomic E-state index is -0.590. The molecular weight excluding hydrogens is 286 g/mol. The number of hydrogen-bond donors (Lipinski definition) is 3. The Hall–Kier alpha value is -1.63. The summed E-state index contributed by atoms with van der Waals surface area (Å²) in [5, 5.41) is 7.42. The highest BCUT2D eigenvalue weighted by molar-refractivity contribution is 6.04. The average molecular weight is 311 g/mol. The van der Waals surface area contributed by atoms with Crippen LogP contribution in [0.5, 0.6) is 0 Å². The molecule has 2 fully saturated rings. The van der Waals surface area contributed by atoms with E-state index in [1.807, 2.05) is 0 Å². The summed E-state index contributed by atoms with van der Waals surface area (Å²) in [4.78, 5) is 33.9. The highest BCUT2D eigenvalue weighted by Gasteiger charge is 2.29. The van der Waals surface area contributed by atoms with Crippen LogP contribution in [0.3, 0.4) is 0 Å². The van der Waals surface area contributed by atoms with E-state index in [1.165, 1.54) is 19.3 Å². The largest absolute Gasteiger partial charge is 0.378 e. The molecule has 0 spiro atoms. The lowest BCUT2D eigenvalue weighted by Gasteiger charge is -2.21. The maximum atomic E-state index is 11.7. The molecule has 1 atom stereocenters. The van der Waals surface area contributed by atoms with Crippen molar-refractivity contribution in [2.24, 2.45) is 0 Å². The first-order valence-corrected chi connectivity index (χ1v) is 8.15. The van der Waals surface area contributed by atoms with Crippen LogP contribution < -0.4 is 16.0 Å². The van der Waals surface area contributed by atoms with Crippen LogP contribution in [0.25, 0.3) is 0 Å². The van der Waals surface area contributed by atoms with Crippen LogP contribution in [0.2, 0.25) is 0 Å². The van der Waals surface area contributed by atoms with Gasteiger partial charge >= 0.3 is 6.03 Å². The lowest BCUT2D eigenvalue weighted by Crippen LogP contribution is -2.32. The number of amides is 4. The Morgan fingerprint density at radius 1 is 1.23 bits per heavy atom. The van der Waals surface area contributed by atoms with Crippen molar-refractivity contribution in [3.63, 3.8) is 0 Å². The van der Waals surface area contributed by atoms with Crippen molar-refractivity contribution in [3.8, 4) is 0 Å². The molecule has 0 unspecified atom stereocenters. The minimum absolute atomic E-state index is 0.105. The number of nitrogens with one attached hydrogen (secondary N) is 3.